The number of aromatic nitrogens is 2. The summed E-state index contributed by atoms with van der Waals surface area (Å²) in [5, 5.41) is 16.3. The fourth-order valence-electron chi connectivity index (χ4n) is 4.59. The van der Waals surface area contributed by atoms with Gasteiger partial charge in [0.1, 0.15) is 23.1 Å². The third kappa shape index (κ3) is 9.54. The Morgan fingerprint density at radius 1 is 0.681 bits per heavy atom. The molecule has 0 saturated carbocycles. The van der Waals surface area contributed by atoms with Crippen LogP contribution in [-0.2, 0) is 9.59 Å². The van der Waals surface area contributed by atoms with Gasteiger partial charge in [-0.1, -0.05) is 0 Å². The van der Waals surface area contributed by atoms with Gasteiger partial charge in [0.15, 0.2) is 0 Å². The monoisotopic (exact) mass is 672 g/mol. The standard InChI is InChI=1S/C25H28N6O2.2C2HF3O2/c1-32-16-4-6-20-18(12-16)22(14-24(26)28-20)30-8-3-9-31(11-10-30)23-15-25(27)29-21-7-5-17(33-2)13-19(21)23;2*3-2(4,5)1(6)7/h4-7,12-15H,3,8-11H2,1-2H3,(H2,26,28)(H2,27,29);2*(H,6,7). The van der Waals surface area contributed by atoms with Crippen LogP contribution in [-0.4, -0.2) is 84.9 Å². The van der Waals surface area contributed by atoms with E-state index in [0.29, 0.717) is 11.6 Å². The number of hydrogen-bond acceptors (Lipinski definition) is 10. The molecular weight excluding hydrogens is 642 g/mol. The lowest BCUT2D eigenvalue weighted by Gasteiger charge is -2.27. The van der Waals surface area contributed by atoms with E-state index in [2.05, 4.69) is 19.8 Å². The molecule has 47 heavy (non-hydrogen) atoms. The maximum absolute atomic E-state index is 10.6. The lowest BCUT2D eigenvalue weighted by molar-refractivity contribution is -0.193. The number of rotatable bonds is 4. The number of nitrogen functional groups attached to an aromatic ring is 2. The fraction of sp³-hybridized carbons (Fsp3) is 0.310. The molecule has 0 atom stereocenters. The Labute approximate surface area is 263 Å². The van der Waals surface area contributed by atoms with E-state index >= 15 is 0 Å². The number of halogens is 6. The first-order valence-electron chi connectivity index (χ1n) is 13.5. The average molecular weight is 673 g/mol. The van der Waals surface area contributed by atoms with Crippen molar-refractivity contribution in [3.63, 3.8) is 0 Å². The number of alkyl halides is 6. The van der Waals surface area contributed by atoms with Crippen LogP contribution in [0.3, 0.4) is 0 Å². The Kier molecular flexibility index (Phi) is 11.3. The van der Waals surface area contributed by atoms with E-state index in [1.165, 1.54) is 0 Å². The highest BCUT2D eigenvalue weighted by Gasteiger charge is 2.38. The van der Waals surface area contributed by atoms with E-state index in [1.807, 2.05) is 48.5 Å². The minimum atomic E-state index is -5.08. The number of carboxylic acid groups (broad SMARTS) is 2. The summed E-state index contributed by atoms with van der Waals surface area (Å²) in [5.74, 6) is -2.87. The summed E-state index contributed by atoms with van der Waals surface area (Å²) in [4.78, 5) is 31.6. The number of ether oxygens (including phenoxy) is 2. The van der Waals surface area contributed by atoms with Crippen LogP contribution in [0.4, 0.5) is 49.4 Å². The molecule has 3 heterocycles. The zero-order valence-electron chi connectivity index (χ0n) is 24.9. The van der Waals surface area contributed by atoms with Crippen LogP contribution in [0.1, 0.15) is 6.42 Å². The van der Waals surface area contributed by atoms with Gasteiger partial charge in [0.25, 0.3) is 0 Å². The zero-order chi connectivity index (χ0) is 35.1. The average Bonchev–Trinajstić information content (AvgIpc) is 3.25. The molecule has 4 aromatic rings. The number of methoxy groups -OCH3 is 2. The maximum Gasteiger partial charge on any atom is 0.490 e. The summed E-state index contributed by atoms with van der Waals surface area (Å²) >= 11 is 0. The van der Waals surface area contributed by atoms with Crippen molar-refractivity contribution in [3.8, 4) is 11.5 Å². The van der Waals surface area contributed by atoms with Crippen molar-refractivity contribution >= 4 is 56.8 Å². The summed E-state index contributed by atoms with van der Waals surface area (Å²) in [6.45, 7) is 3.50. The highest BCUT2D eigenvalue weighted by Crippen LogP contribution is 2.34. The van der Waals surface area contributed by atoms with Crippen LogP contribution in [0.15, 0.2) is 48.5 Å². The number of nitrogens with two attached hydrogens (primary N) is 2. The number of carbonyl (C=O) groups is 2. The van der Waals surface area contributed by atoms with Gasteiger partial charge in [0.05, 0.1) is 36.6 Å². The molecule has 1 aliphatic rings. The van der Waals surface area contributed by atoms with Gasteiger partial charge >= 0.3 is 24.3 Å². The lowest BCUT2D eigenvalue weighted by atomic mass is 10.1. The van der Waals surface area contributed by atoms with Crippen molar-refractivity contribution in [2.75, 3.05) is 61.7 Å². The molecule has 0 spiro atoms. The van der Waals surface area contributed by atoms with Gasteiger partial charge in [-0.25, -0.2) is 19.6 Å². The lowest BCUT2D eigenvalue weighted by Crippen LogP contribution is -2.31. The van der Waals surface area contributed by atoms with Crippen LogP contribution < -0.4 is 30.7 Å². The second kappa shape index (κ2) is 14.8. The van der Waals surface area contributed by atoms with Crippen molar-refractivity contribution in [2.45, 2.75) is 18.8 Å². The summed E-state index contributed by atoms with van der Waals surface area (Å²) < 4.78 is 74.4. The molecule has 254 valence electrons. The first-order valence-corrected chi connectivity index (χ1v) is 13.5. The van der Waals surface area contributed by atoms with Gasteiger partial charge in [-0.3, -0.25) is 0 Å². The molecule has 5 rings (SSSR count). The zero-order valence-corrected chi connectivity index (χ0v) is 24.9. The molecule has 1 aliphatic heterocycles. The van der Waals surface area contributed by atoms with Crippen LogP contribution in [0.2, 0.25) is 0 Å². The van der Waals surface area contributed by atoms with Gasteiger partial charge in [0, 0.05) is 49.1 Å². The number of aliphatic carboxylic acids is 2. The van der Waals surface area contributed by atoms with Gasteiger partial charge in [-0.15, -0.1) is 0 Å². The topological polar surface area (TPSA) is 177 Å². The Bertz CT molecular complexity index is 1610. The van der Waals surface area contributed by atoms with Crippen LogP contribution in [0.5, 0.6) is 11.5 Å². The molecule has 0 aliphatic carbocycles. The fourth-order valence-corrected chi connectivity index (χ4v) is 4.59. The molecule has 2 aromatic carbocycles. The third-order valence-electron chi connectivity index (χ3n) is 6.69. The van der Waals surface area contributed by atoms with Crippen LogP contribution in [0.25, 0.3) is 21.8 Å². The number of hydrogen-bond donors (Lipinski definition) is 4. The van der Waals surface area contributed by atoms with E-state index in [9.17, 15) is 26.3 Å². The van der Waals surface area contributed by atoms with E-state index in [1.54, 1.807) is 14.2 Å². The van der Waals surface area contributed by atoms with Gasteiger partial charge in [0.2, 0.25) is 0 Å². The Morgan fingerprint density at radius 3 is 1.32 bits per heavy atom. The van der Waals surface area contributed by atoms with Gasteiger partial charge in [-0.05, 0) is 42.8 Å². The first-order chi connectivity index (χ1) is 21.9. The SMILES string of the molecule is COc1ccc2nc(N)cc(N3CCCN(c4cc(N)nc5ccc(OC)cc45)CC3)c2c1.O=C(O)C(F)(F)F.O=C(O)C(F)(F)F. The number of pyridine rings is 2. The Hall–Kier alpha value is -5.42. The molecule has 0 bridgehead atoms. The Morgan fingerprint density at radius 2 is 1.02 bits per heavy atom. The molecule has 18 heteroatoms. The van der Waals surface area contributed by atoms with Crippen molar-refractivity contribution < 1.29 is 55.6 Å². The van der Waals surface area contributed by atoms with Crippen LogP contribution in [0, 0.1) is 0 Å². The minimum Gasteiger partial charge on any atom is -0.497 e. The smallest absolute Gasteiger partial charge is 0.490 e. The van der Waals surface area contributed by atoms with Gasteiger partial charge < -0.3 is 41.0 Å². The number of nitrogens with zero attached hydrogens (tertiary/aromatic N) is 4. The molecule has 6 N–H and O–H groups in total. The van der Waals surface area contributed by atoms with E-state index in [4.69, 9.17) is 40.7 Å². The normalized spacial score (nSPS) is 13.5. The predicted molar refractivity (Wildman–Crippen MR) is 162 cm³/mol. The van der Waals surface area contributed by atoms with Crippen molar-refractivity contribution in [1.29, 1.82) is 0 Å². The van der Waals surface area contributed by atoms with Crippen molar-refractivity contribution in [1.82, 2.24) is 9.97 Å². The number of anilines is 4. The minimum absolute atomic E-state index is 0.517. The molecule has 1 fully saturated rings. The quantitative estimate of drug-likeness (QED) is 0.215. The van der Waals surface area contributed by atoms with E-state index in [-0.39, 0.29) is 0 Å². The summed E-state index contributed by atoms with van der Waals surface area (Å²) in [6, 6.07) is 15.7. The summed E-state index contributed by atoms with van der Waals surface area (Å²) in [6.07, 6.45) is -9.18. The first kappa shape index (κ1) is 36.1. The molecule has 12 nitrogen and oxygen atoms in total. The second-order valence-electron chi connectivity index (χ2n) is 9.83. The number of benzene rings is 2. The number of fused-ring (bicyclic) bond motifs is 2. The molecule has 0 unspecified atom stereocenters. The molecule has 2 aromatic heterocycles. The van der Waals surface area contributed by atoms with Crippen molar-refractivity contribution in [2.24, 2.45) is 0 Å². The highest BCUT2D eigenvalue weighted by atomic mass is 19.4. The summed E-state index contributed by atoms with van der Waals surface area (Å²) in [7, 11) is 3.35. The molecular formula is C29H30F6N6O6. The summed E-state index contributed by atoms with van der Waals surface area (Å²) in [5.41, 5.74) is 16.2. The highest BCUT2D eigenvalue weighted by molar-refractivity contribution is 5.95. The largest absolute Gasteiger partial charge is 0.497 e. The number of carboxylic acids is 2. The van der Waals surface area contributed by atoms with E-state index < -0.39 is 24.3 Å². The predicted octanol–water partition coefficient (Wildman–Crippen LogP) is 4.95. The molecule has 0 amide bonds. The maximum atomic E-state index is 10.6. The van der Waals surface area contributed by atoms with Crippen LogP contribution >= 0.6 is 0 Å². The molecule has 0 radical (unpaired) electrons. The van der Waals surface area contributed by atoms with E-state index in [0.717, 1.165) is 77.3 Å². The molecule has 1 saturated heterocycles. The van der Waals surface area contributed by atoms with Gasteiger partial charge in [-0.2, -0.15) is 26.3 Å². The third-order valence-corrected chi connectivity index (χ3v) is 6.69. The Balaban J connectivity index is 0.000000360. The second-order valence-corrected chi connectivity index (χ2v) is 9.83. The van der Waals surface area contributed by atoms with Crippen molar-refractivity contribution in [3.05, 3.63) is 48.5 Å².